The molecule has 6 aliphatic rings. The molecule has 4 fully saturated rings. The van der Waals surface area contributed by atoms with Crippen LogP contribution < -0.4 is 35.4 Å². The Morgan fingerprint density at radius 1 is 0.969 bits per heavy atom. The van der Waals surface area contributed by atoms with Gasteiger partial charge in [0.25, 0.3) is 23.6 Å². The first-order chi connectivity index (χ1) is 31.1. The van der Waals surface area contributed by atoms with Crippen molar-refractivity contribution >= 4 is 70.2 Å². The summed E-state index contributed by atoms with van der Waals surface area (Å²) in [6, 6.07) is 5.57. The van der Waals surface area contributed by atoms with Crippen molar-refractivity contribution in [1.29, 1.82) is 0 Å². The Bertz CT molecular complexity index is 2510. The molecule has 3 saturated heterocycles. The van der Waals surface area contributed by atoms with E-state index in [0.717, 1.165) is 28.7 Å². The molecule has 18 nitrogen and oxygen atoms in total. The molecular formula is C44H47F3N10O8. The van der Waals surface area contributed by atoms with Crippen molar-refractivity contribution in [2.75, 3.05) is 66.9 Å². The lowest BCUT2D eigenvalue weighted by Gasteiger charge is -2.42. The fourth-order valence-electron chi connectivity index (χ4n) is 9.79. The second-order valence-electron chi connectivity index (χ2n) is 17.4. The maximum atomic E-state index is 15.7. The maximum absolute atomic E-state index is 15.7. The number of aromatic nitrogens is 2. The average molecular weight is 901 g/mol. The smallest absolute Gasteiger partial charge is 0.342 e. The van der Waals surface area contributed by atoms with Crippen LogP contribution in [-0.4, -0.2) is 132 Å². The Morgan fingerprint density at radius 2 is 1.71 bits per heavy atom. The fraction of sp³-hybridized carbons (Fsp3) is 0.477. The van der Waals surface area contributed by atoms with E-state index in [-0.39, 0.29) is 88.8 Å². The van der Waals surface area contributed by atoms with Crippen LogP contribution in [0.2, 0.25) is 0 Å². The van der Waals surface area contributed by atoms with Crippen molar-refractivity contribution in [3.63, 3.8) is 0 Å². The molecule has 65 heavy (non-hydrogen) atoms. The number of nitrogens with zero attached hydrogens (tertiary/aromatic N) is 7. The Labute approximate surface area is 370 Å². The maximum Gasteiger partial charge on any atom is 0.342 e. The Morgan fingerprint density at radius 3 is 2.42 bits per heavy atom. The first-order valence-corrected chi connectivity index (χ1v) is 21.7. The summed E-state index contributed by atoms with van der Waals surface area (Å²) >= 11 is 0. The SMILES string of the molecule is COc1cc(C(=O)NC2CCN(C(=O)CC3CN(c4cccc5c4C(=O)N(C4CCC(=O)NC4=O)C5=O)C3)CC2)c(F)cc1Nc1ncc2c(n1)N(C1CCCC1)CC(F)(F)C(=O)N2C. The number of fused-ring (bicyclic) bond motifs is 2. The molecule has 1 aliphatic carbocycles. The van der Waals surface area contributed by atoms with Crippen LogP contribution >= 0.6 is 0 Å². The molecule has 7 amide bonds. The number of rotatable bonds is 10. The van der Waals surface area contributed by atoms with Crippen molar-refractivity contribution in [3.05, 3.63) is 59.0 Å². The summed E-state index contributed by atoms with van der Waals surface area (Å²) in [6.07, 6.45) is 5.49. The van der Waals surface area contributed by atoms with Gasteiger partial charge in [0.15, 0.2) is 5.82 Å². The number of anilines is 5. The van der Waals surface area contributed by atoms with Gasteiger partial charge in [-0.1, -0.05) is 18.9 Å². The molecule has 3 aromatic rings. The van der Waals surface area contributed by atoms with Crippen LogP contribution in [0.4, 0.5) is 42.0 Å². The Kier molecular flexibility index (Phi) is 11.3. The van der Waals surface area contributed by atoms with E-state index in [9.17, 15) is 33.6 Å². The lowest BCUT2D eigenvalue weighted by molar-refractivity contribution is -0.140. The quantitative estimate of drug-likeness (QED) is 0.250. The largest absolute Gasteiger partial charge is 0.495 e. The summed E-state index contributed by atoms with van der Waals surface area (Å²) < 4.78 is 51.3. The number of amides is 7. The molecule has 1 unspecified atom stereocenters. The summed E-state index contributed by atoms with van der Waals surface area (Å²) in [5, 5.41) is 7.96. The van der Waals surface area contributed by atoms with Crippen LogP contribution in [0.25, 0.3) is 0 Å². The van der Waals surface area contributed by atoms with Gasteiger partial charge < -0.3 is 35.0 Å². The number of likely N-dealkylation sites (tertiary alicyclic amines) is 1. The first-order valence-electron chi connectivity index (χ1n) is 21.7. The van der Waals surface area contributed by atoms with E-state index in [1.165, 1.54) is 31.3 Å². The predicted octanol–water partition coefficient (Wildman–Crippen LogP) is 3.38. The van der Waals surface area contributed by atoms with Crippen molar-refractivity contribution in [2.24, 2.45) is 5.92 Å². The summed E-state index contributed by atoms with van der Waals surface area (Å²) in [5.74, 6) is -8.78. The van der Waals surface area contributed by atoms with E-state index in [1.54, 1.807) is 23.1 Å². The van der Waals surface area contributed by atoms with E-state index in [4.69, 9.17) is 4.74 Å². The van der Waals surface area contributed by atoms with Crippen LogP contribution in [0.1, 0.15) is 88.9 Å². The van der Waals surface area contributed by atoms with E-state index in [0.29, 0.717) is 57.5 Å². The van der Waals surface area contributed by atoms with Crippen molar-refractivity contribution < 1.29 is 51.5 Å². The summed E-state index contributed by atoms with van der Waals surface area (Å²) in [7, 11) is 2.59. The number of hydrogen-bond donors (Lipinski definition) is 3. The second-order valence-corrected chi connectivity index (χ2v) is 17.4. The van der Waals surface area contributed by atoms with Gasteiger partial charge in [-0.2, -0.15) is 13.8 Å². The van der Waals surface area contributed by atoms with Crippen molar-refractivity contribution in [1.82, 2.24) is 30.4 Å². The molecule has 9 rings (SSSR count). The molecule has 0 spiro atoms. The van der Waals surface area contributed by atoms with Crippen LogP contribution in [-0.2, 0) is 19.2 Å². The third-order valence-electron chi connectivity index (χ3n) is 13.3. The molecule has 1 aromatic heterocycles. The zero-order valence-electron chi connectivity index (χ0n) is 35.7. The number of piperidine rings is 2. The minimum atomic E-state index is -3.65. The molecule has 342 valence electrons. The van der Waals surface area contributed by atoms with Crippen LogP contribution in [0.15, 0.2) is 36.5 Å². The number of alkyl halides is 2. The number of halogens is 3. The molecule has 21 heteroatoms. The average Bonchev–Trinajstić information content (AvgIpc) is 3.88. The van der Waals surface area contributed by atoms with Gasteiger partial charge in [-0.3, -0.25) is 43.8 Å². The topological polar surface area (TPSA) is 207 Å². The van der Waals surface area contributed by atoms with Crippen LogP contribution in [0.3, 0.4) is 0 Å². The van der Waals surface area contributed by atoms with Gasteiger partial charge in [0.05, 0.1) is 47.9 Å². The Hall–Kier alpha value is -6.80. The summed E-state index contributed by atoms with van der Waals surface area (Å²) in [6.45, 7) is 0.839. The number of benzene rings is 2. The fourth-order valence-corrected chi connectivity index (χ4v) is 9.79. The van der Waals surface area contributed by atoms with E-state index < -0.39 is 59.8 Å². The van der Waals surface area contributed by atoms with Gasteiger partial charge in [-0.15, -0.1) is 0 Å². The standard InChI is InChI=1S/C44H47F3N10O8/c1-53-32-19-48-43(52-37(32)56(25-6-3-4-7-25)22-44(46,47)42(53)64)50-29-18-28(45)27(17-33(29)65-2)38(60)49-24-12-14-54(15-13-24)35(59)16-23-20-55(21-23)30-9-5-8-26-36(30)41(63)57(40(26)62)31-10-11-34(58)51-39(31)61/h5,8-9,17-19,23-25,31H,3-4,6-7,10-16,20-22H2,1-2H3,(H,49,60)(H,48,50,52)(H,51,58,61). The number of methoxy groups -OCH3 is 1. The highest BCUT2D eigenvalue weighted by atomic mass is 19.3. The van der Waals surface area contributed by atoms with Gasteiger partial charge in [-0.25, -0.2) is 9.37 Å². The molecule has 2 aromatic carbocycles. The summed E-state index contributed by atoms with van der Waals surface area (Å²) in [4.78, 5) is 106. The minimum absolute atomic E-state index is 0.0139. The summed E-state index contributed by atoms with van der Waals surface area (Å²) in [5.41, 5.74) is 0.850. The predicted molar refractivity (Wildman–Crippen MR) is 227 cm³/mol. The number of carbonyl (C=O) groups excluding carboxylic acids is 7. The number of imide groups is 2. The zero-order chi connectivity index (χ0) is 45.9. The van der Waals surface area contributed by atoms with Gasteiger partial charge >= 0.3 is 5.92 Å². The van der Waals surface area contributed by atoms with Crippen molar-refractivity contribution in [2.45, 2.75) is 81.8 Å². The monoisotopic (exact) mass is 900 g/mol. The van der Waals surface area contributed by atoms with Gasteiger partial charge in [0.2, 0.25) is 23.7 Å². The highest BCUT2D eigenvalue weighted by molar-refractivity contribution is 6.25. The number of nitrogens with one attached hydrogen (secondary N) is 3. The third kappa shape index (κ3) is 8.04. The van der Waals surface area contributed by atoms with Crippen molar-refractivity contribution in [3.8, 4) is 5.75 Å². The molecular weight excluding hydrogens is 854 g/mol. The normalized spacial score (nSPS) is 21.5. The minimum Gasteiger partial charge on any atom is -0.495 e. The highest BCUT2D eigenvalue weighted by Gasteiger charge is 2.50. The lowest BCUT2D eigenvalue weighted by atomic mass is 9.92. The Balaban J connectivity index is 0.785. The highest BCUT2D eigenvalue weighted by Crippen LogP contribution is 2.41. The lowest BCUT2D eigenvalue weighted by Crippen LogP contribution is -2.54. The van der Waals surface area contributed by atoms with Gasteiger partial charge in [-0.05, 0) is 50.3 Å². The van der Waals surface area contributed by atoms with E-state index in [1.807, 2.05) is 4.90 Å². The molecule has 5 aliphatic heterocycles. The molecule has 0 bridgehead atoms. The molecule has 6 heterocycles. The second kappa shape index (κ2) is 17.0. The number of hydrogen-bond acceptors (Lipinski definition) is 13. The zero-order valence-corrected chi connectivity index (χ0v) is 35.7. The first kappa shape index (κ1) is 43.5. The molecule has 3 N–H and O–H groups in total. The molecule has 1 atom stereocenters. The number of ether oxygens (including phenoxy) is 1. The van der Waals surface area contributed by atoms with E-state index >= 15 is 13.2 Å². The molecule has 1 saturated carbocycles. The van der Waals surface area contributed by atoms with Gasteiger partial charge in [0.1, 0.15) is 23.3 Å². The third-order valence-corrected chi connectivity index (χ3v) is 13.3. The van der Waals surface area contributed by atoms with Crippen LogP contribution in [0.5, 0.6) is 5.75 Å². The van der Waals surface area contributed by atoms with Crippen LogP contribution in [0, 0.1) is 11.7 Å². The number of carbonyl (C=O) groups is 7. The molecule has 0 radical (unpaired) electrons. The van der Waals surface area contributed by atoms with Gasteiger partial charge in [0, 0.05) is 70.1 Å². The van der Waals surface area contributed by atoms with E-state index in [2.05, 4.69) is 25.9 Å².